The van der Waals surface area contributed by atoms with E-state index in [1.54, 1.807) is 18.0 Å². The van der Waals surface area contributed by atoms with Gasteiger partial charge < -0.3 is 9.67 Å². The van der Waals surface area contributed by atoms with Gasteiger partial charge in [-0.15, -0.1) is 11.8 Å². The SMILES string of the molecule is Cn1c(CO)cnc1SCC1Cc2ccccc2S1. The molecular weight excluding hydrogens is 276 g/mol. The molecule has 5 heteroatoms. The van der Waals surface area contributed by atoms with Gasteiger partial charge in [0.1, 0.15) is 0 Å². The first kappa shape index (κ1) is 13.1. The first-order valence-electron chi connectivity index (χ1n) is 6.26. The first-order valence-corrected chi connectivity index (χ1v) is 8.13. The number of aromatic nitrogens is 2. The van der Waals surface area contributed by atoms with Crippen LogP contribution >= 0.6 is 23.5 Å². The molecular formula is C14H16N2OS2. The Morgan fingerprint density at radius 2 is 2.32 bits per heavy atom. The molecule has 100 valence electrons. The van der Waals surface area contributed by atoms with Gasteiger partial charge in [0.2, 0.25) is 0 Å². The van der Waals surface area contributed by atoms with Crippen molar-refractivity contribution in [2.75, 3.05) is 5.75 Å². The van der Waals surface area contributed by atoms with Crippen LogP contribution in [0.3, 0.4) is 0 Å². The highest BCUT2D eigenvalue weighted by Gasteiger charge is 2.22. The molecule has 1 unspecified atom stereocenters. The molecule has 0 saturated heterocycles. The average Bonchev–Trinajstić information content (AvgIpc) is 2.99. The molecule has 1 aromatic carbocycles. The van der Waals surface area contributed by atoms with E-state index in [0.717, 1.165) is 23.0 Å². The predicted octanol–water partition coefficient (Wildman–Crippen LogP) is 2.72. The molecule has 1 N–H and O–H groups in total. The number of fused-ring (bicyclic) bond motifs is 1. The van der Waals surface area contributed by atoms with Crippen LogP contribution in [0.2, 0.25) is 0 Å². The summed E-state index contributed by atoms with van der Waals surface area (Å²) in [7, 11) is 1.96. The van der Waals surface area contributed by atoms with Crippen molar-refractivity contribution in [3.8, 4) is 0 Å². The topological polar surface area (TPSA) is 38.0 Å². The Kier molecular flexibility index (Phi) is 3.86. The number of imidazole rings is 1. The fourth-order valence-corrected chi connectivity index (χ4v) is 4.67. The molecule has 3 rings (SSSR count). The molecule has 1 aliphatic rings. The zero-order chi connectivity index (χ0) is 13.2. The summed E-state index contributed by atoms with van der Waals surface area (Å²) >= 11 is 3.74. The maximum atomic E-state index is 9.16. The maximum absolute atomic E-state index is 9.16. The zero-order valence-corrected chi connectivity index (χ0v) is 12.4. The second kappa shape index (κ2) is 5.61. The monoisotopic (exact) mass is 292 g/mol. The lowest BCUT2D eigenvalue weighted by Gasteiger charge is -2.08. The van der Waals surface area contributed by atoms with Crippen LogP contribution in [0.15, 0.2) is 40.5 Å². The minimum absolute atomic E-state index is 0.0493. The largest absolute Gasteiger partial charge is 0.390 e. The summed E-state index contributed by atoms with van der Waals surface area (Å²) < 4.78 is 1.97. The van der Waals surface area contributed by atoms with E-state index in [9.17, 15) is 0 Å². The number of nitrogens with zero attached hydrogens (tertiary/aromatic N) is 2. The van der Waals surface area contributed by atoms with E-state index in [1.165, 1.54) is 10.5 Å². The van der Waals surface area contributed by atoms with Crippen molar-refractivity contribution >= 4 is 23.5 Å². The summed E-state index contributed by atoms with van der Waals surface area (Å²) in [5.74, 6) is 1.05. The molecule has 0 spiro atoms. The van der Waals surface area contributed by atoms with Crippen LogP contribution in [0, 0.1) is 0 Å². The molecule has 19 heavy (non-hydrogen) atoms. The Morgan fingerprint density at radius 3 is 3.05 bits per heavy atom. The summed E-state index contributed by atoms with van der Waals surface area (Å²) in [6, 6.07) is 8.64. The van der Waals surface area contributed by atoms with Gasteiger partial charge in [-0.05, 0) is 18.1 Å². The van der Waals surface area contributed by atoms with Crippen LogP contribution in [-0.2, 0) is 20.1 Å². The zero-order valence-electron chi connectivity index (χ0n) is 10.7. The number of aliphatic hydroxyl groups is 1. The Hall–Kier alpha value is -0.910. The smallest absolute Gasteiger partial charge is 0.168 e. The molecule has 0 fully saturated rings. The number of thioether (sulfide) groups is 2. The highest BCUT2D eigenvalue weighted by atomic mass is 32.2. The Balaban J connectivity index is 1.61. The van der Waals surface area contributed by atoms with Gasteiger partial charge in [0.05, 0.1) is 18.5 Å². The lowest BCUT2D eigenvalue weighted by Crippen LogP contribution is -2.06. The van der Waals surface area contributed by atoms with Gasteiger partial charge in [-0.2, -0.15) is 0 Å². The second-order valence-corrected chi connectivity index (χ2v) is 6.94. The van der Waals surface area contributed by atoms with E-state index < -0.39 is 0 Å². The maximum Gasteiger partial charge on any atom is 0.168 e. The van der Waals surface area contributed by atoms with Gasteiger partial charge in [0.15, 0.2) is 5.16 Å². The Morgan fingerprint density at radius 1 is 1.47 bits per heavy atom. The fraction of sp³-hybridized carbons (Fsp3) is 0.357. The van der Waals surface area contributed by atoms with Crippen LogP contribution in [0.5, 0.6) is 0 Å². The average molecular weight is 292 g/mol. The third-order valence-corrected chi connectivity index (χ3v) is 6.05. The molecule has 3 nitrogen and oxygen atoms in total. The van der Waals surface area contributed by atoms with Crippen molar-refractivity contribution in [2.24, 2.45) is 7.05 Å². The minimum Gasteiger partial charge on any atom is -0.390 e. The summed E-state index contributed by atoms with van der Waals surface area (Å²) in [5, 5.41) is 10.8. The van der Waals surface area contributed by atoms with E-state index in [-0.39, 0.29) is 6.61 Å². The molecule has 0 amide bonds. The van der Waals surface area contributed by atoms with Crippen LogP contribution < -0.4 is 0 Å². The van der Waals surface area contributed by atoms with E-state index in [2.05, 4.69) is 29.2 Å². The molecule has 2 aromatic rings. The predicted molar refractivity (Wildman–Crippen MR) is 79.6 cm³/mol. The van der Waals surface area contributed by atoms with Crippen molar-refractivity contribution in [1.82, 2.24) is 9.55 Å². The van der Waals surface area contributed by atoms with Gasteiger partial charge in [0, 0.05) is 22.9 Å². The quantitative estimate of drug-likeness (QED) is 0.879. The Labute approximate surface area is 121 Å². The van der Waals surface area contributed by atoms with Crippen molar-refractivity contribution in [3.63, 3.8) is 0 Å². The van der Waals surface area contributed by atoms with Crippen molar-refractivity contribution in [3.05, 3.63) is 41.7 Å². The van der Waals surface area contributed by atoms with Crippen molar-refractivity contribution in [1.29, 1.82) is 0 Å². The minimum atomic E-state index is 0.0493. The molecule has 0 aliphatic carbocycles. The Bertz CT molecular complexity index is 558. The third kappa shape index (κ3) is 2.68. The van der Waals surface area contributed by atoms with Crippen LogP contribution in [0.25, 0.3) is 0 Å². The number of rotatable bonds is 4. The molecule has 0 bridgehead atoms. The van der Waals surface area contributed by atoms with Gasteiger partial charge in [-0.1, -0.05) is 30.0 Å². The van der Waals surface area contributed by atoms with Crippen LogP contribution in [0.4, 0.5) is 0 Å². The highest BCUT2D eigenvalue weighted by Crippen LogP contribution is 2.38. The fourth-order valence-electron chi connectivity index (χ4n) is 2.22. The first-order chi connectivity index (χ1) is 9.28. The summed E-state index contributed by atoms with van der Waals surface area (Å²) in [6.07, 6.45) is 2.89. The molecule has 1 aromatic heterocycles. The van der Waals surface area contributed by atoms with Gasteiger partial charge >= 0.3 is 0 Å². The van der Waals surface area contributed by atoms with E-state index >= 15 is 0 Å². The molecule has 0 saturated carbocycles. The van der Waals surface area contributed by atoms with E-state index in [1.807, 2.05) is 23.4 Å². The van der Waals surface area contributed by atoms with E-state index in [0.29, 0.717) is 5.25 Å². The van der Waals surface area contributed by atoms with Crippen LogP contribution in [-0.4, -0.2) is 25.7 Å². The summed E-state index contributed by atoms with van der Waals surface area (Å²) in [6.45, 7) is 0.0493. The lowest BCUT2D eigenvalue weighted by atomic mass is 10.1. The van der Waals surface area contributed by atoms with Gasteiger partial charge in [-0.25, -0.2) is 4.98 Å². The number of hydrogen-bond donors (Lipinski definition) is 1. The number of aliphatic hydroxyl groups excluding tert-OH is 1. The van der Waals surface area contributed by atoms with Gasteiger partial charge in [-0.3, -0.25) is 0 Å². The normalized spacial score (nSPS) is 17.7. The van der Waals surface area contributed by atoms with Crippen molar-refractivity contribution < 1.29 is 5.11 Å². The number of benzene rings is 1. The molecule has 1 atom stereocenters. The summed E-state index contributed by atoms with van der Waals surface area (Å²) in [4.78, 5) is 5.77. The standard InChI is InChI=1S/C14H16N2OS2/c1-16-11(8-17)7-15-14(16)18-9-12-6-10-4-2-3-5-13(10)19-12/h2-5,7,12,17H,6,8-9H2,1H3. The molecule has 0 radical (unpaired) electrons. The molecule has 2 heterocycles. The second-order valence-electron chi connectivity index (χ2n) is 4.61. The summed E-state index contributed by atoms with van der Waals surface area (Å²) in [5.41, 5.74) is 2.33. The lowest BCUT2D eigenvalue weighted by molar-refractivity contribution is 0.271. The number of hydrogen-bond acceptors (Lipinski definition) is 4. The van der Waals surface area contributed by atoms with Crippen molar-refractivity contribution in [2.45, 2.75) is 28.3 Å². The van der Waals surface area contributed by atoms with E-state index in [4.69, 9.17) is 5.11 Å². The van der Waals surface area contributed by atoms with Crippen LogP contribution in [0.1, 0.15) is 11.3 Å². The van der Waals surface area contributed by atoms with Gasteiger partial charge in [0.25, 0.3) is 0 Å². The third-order valence-electron chi connectivity index (χ3n) is 3.32. The molecule has 1 aliphatic heterocycles. The highest BCUT2D eigenvalue weighted by molar-refractivity contribution is 8.03.